The molecule has 0 spiro atoms. The van der Waals surface area contributed by atoms with Gasteiger partial charge in [-0.1, -0.05) is 18.5 Å². The van der Waals surface area contributed by atoms with Crippen LogP contribution in [0.4, 0.5) is 11.4 Å². The lowest BCUT2D eigenvalue weighted by Crippen LogP contribution is -2.50. The van der Waals surface area contributed by atoms with Gasteiger partial charge in [0, 0.05) is 11.6 Å². The van der Waals surface area contributed by atoms with Crippen molar-refractivity contribution in [3.05, 3.63) is 23.2 Å². The smallest absolute Gasteiger partial charge is 0.241 e. The van der Waals surface area contributed by atoms with E-state index in [1.807, 2.05) is 18.7 Å². The number of halogens is 1. The molecule has 0 aromatic heterocycles. The van der Waals surface area contributed by atoms with Crippen molar-refractivity contribution in [3.8, 4) is 0 Å². The fourth-order valence-electron chi connectivity index (χ4n) is 2.48. The molecule has 5 nitrogen and oxygen atoms in total. The number of hydrogen-bond acceptors (Lipinski definition) is 4. The van der Waals surface area contributed by atoms with Crippen molar-refractivity contribution in [2.45, 2.75) is 32.4 Å². The maximum Gasteiger partial charge on any atom is 0.241 e. The number of rotatable bonds is 3. The number of nitrogens with zero attached hydrogens (tertiary/aromatic N) is 1. The number of carbonyl (C=O) groups is 1. The van der Waals surface area contributed by atoms with Crippen molar-refractivity contribution >= 4 is 28.9 Å². The average molecular weight is 312 g/mol. The summed E-state index contributed by atoms with van der Waals surface area (Å²) in [7, 11) is 0. The number of piperidine rings is 1. The monoisotopic (exact) mass is 311 g/mol. The Bertz CT molecular complexity index is 524. The Labute approximate surface area is 130 Å². The number of benzene rings is 1. The number of nitrogen functional groups attached to an aromatic ring is 1. The summed E-state index contributed by atoms with van der Waals surface area (Å²) in [6, 6.07) is 4.66. The number of amides is 1. The highest BCUT2D eigenvalue weighted by atomic mass is 35.5. The first-order chi connectivity index (χ1) is 9.88. The number of aliphatic hydroxyl groups is 1. The lowest BCUT2D eigenvalue weighted by molar-refractivity contribution is -0.122. The third-order valence-electron chi connectivity index (χ3n) is 4.15. The van der Waals surface area contributed by atoms with Gasteiger partial charge in [-0.15, -0.1) is 0 Å². The average Bonchev–Trinajstić information content (AvgIpc) is 2.44. The summed E-state index contributed by atoms with van der Waals surface area (Å²) < 4.78 is 0. The quantitative estimate of drug-likeness (QED) is 0.746. The standard InChI is InChI=1S/C15H22ClN3O2/c1-9-5-6-19(8-14(9)20)10(2)15(21)18-13-4-3-11(16)7-12(13)17/h3-4,7,9-10,14,20H,5-6,8,17H2,1-2H3,(H,18,21). The van der Waals surface area contributed by atoms with E-state index < -0.39 is 0 Å². The van der Waals surface area contributed by atoms with Crippen molar-refractivity contribution in [2.75, 3.05) is 24.1 Å². The lowest BCUT2D eigenvalue weighted by Gasteiger charge is -2.37. The molecule has 2 rings (SSSR count). The van der Waals surface area contributed by atoms with E-state index in [4.69, 9.17) is 17.3 Å². The third kappa shape index (κ3) is 3.87. The summed E-state index contributed by atoms with van der Waals surface area (Å²) in [5, 5.41) is 13.3. The van der Waals surface area contributed by atoms with Gasteiger partial charge in [0.2, 0.25) is 5.91 Å². The van der Waals surface area contributed by atoms with Gasteiger partial charge in [-0.25, -0.2) is 0 Å². The van der Waals surface area contributed by atoms with Crippen LogP contribution in [0.2, 0.25) is 5.02 Å². The molecule has 1 fully saturated rings. The number of anilines is 2. The van der Waals surface area contributed by atoms with Gasteiger partial charge in [0.05, 0.1) is 23.5 Å². The van der Waals surface area contributed by atoms with Crippen LogP contribution in [0, 0.1) is 5.92 Å². The van der Waals surface area contributed by atoms with E-state index in [0.717, 1.165) is 13.0 Å². The molecular formula is C15H22ClN3O2. The summed E-state index contributed by atoms with van der Waals surface area (Å²) in [5.41, 5.74) is 6.83. The Kier molecular flexibility index (Phi) is 5.08. The molecule has 1 aromatic rings. The number of carbonyl (C=O) groups excluding carboxylic acids is 1. The molecule has 116 valence electrons. The molecule has 1 aliphatic rings. The number of nitrogens with two attached hydrogens (primary N) is 1. The zero-order chi connectivity index (χ0) is 15.6. The molecular weight excluding hydrogens is 290 g/mol. The van der Waals surface area contributed by atoms with E-state index in [1.165, 1.54) is 0 Å². The molecule has 0 aliphatic carbocycles. The van der Waals surface area contributed by atoms with Crippen molar-refractivity contribution in [3.63, 3.8) is 0 Å². The maximum absolute atomic E-state index is 12.3. The largest absolute Gasteiger partial charge is 0.397 e. The molecule has 3 unspecified atom stereocenters. The van der Waals surface area contributed by atoms with Gasteiger partial charge < -0.3 is 16.2 Å². The minimum Gasteiger partial charge on any atom is -0.397 e. The second-order valence-electron chi connectivity index (χ2n) is 5.73. The molecule has 0 radical (unpaired) electrons. The molecule has 3 atom stereocenters. The van der Waals surface area contributed by atoms with E-state index >= 15 is 0 Å². The Morgan fingerprint density at radius 2 is 2.29 bits per heavy atom. The van der Waals surface area contributed by atoms with E-state index in [9.17, 15) is 9.90 Å². The van der Waals surface area contributed by atoms with Gasteiger partial charge in [0.15, 0.2) is 0 Å². The molecule has 0 bridgehead atoms. The second-order valence-corrected chi connectivity index (χ2v) is 6.16. The lowest BCUT2D eigenvalue weighted by atomic mass is 9.95. The first-order valence-corrected chi connectivity index (χ1v) is 7.54. The van der Waals surface area contributed by atoms with Crippen molar-refractivity contribution in [1.82, 2.24) is 4.90 Å². The normalized spacial score (nSPS) is 24.6. The highest BCUT2D eigenvalue weighted by Gasteiger charge is 2.30. The van der Waals surface area contributed by atoms with Crippen LogP contribution in [0.3, 0.4) is 0 Å². The molecule has 0 saturated carbocycles. The Morgan fingerprint density at radius 3 is 2.90 bits per heavy atom. The van der Waals surface area contributed by atoms with Crippen molar-refractivity contribution in [2.24, 2.45) is 5.92 Å². The van der Waals surface area contributed by atoms with Crippen LogP contribution < -0.4 is 11.1 Å². The van der Waals surface area contributed by atoms with Gasteiger partial charge >= 0.3 is 0 Å². The summed E-state index contributed by atoms with van der Waals surface area (Å²) in [6.07, 6.45) is 0.511. The minimum atomic E-state index is -0.380. The fraction of sp³-hybridized carbons (Fsp3) is 0.533. The molecule has 1 aromatic carbocycles. The van der Waals surface area contributed by atoms with Crippen LogP contribution in [-0.2, 0) is 4.79 Å². The molecule has 1 saturated heterocycles. The zero-order valence-corrected chi connectivity index (χ0v) is 13.1. The number of likely N-dealkylation sites (tertiary alicyclic amines) is 1. The molecule has 1 amide bonds. The maximum atomic E-state index is 12.3. The predicted octanol–water partition coefficient (Wildman–Crippen LogP) is 1.95. The SMILES string of the molecule is CC1CCN(C(C)C(=O)Nc2ccc(Cl)cc2N)CC1O. The second kappa shape index (κ2) is 6.64. The minimum absolute atomic E-state index is 0.134. The highest BCUT2D eigenvalue weighted by molar-refractivity contribution is 6.31. The molecule has 6 heteroatoms. The van der Waals surface area contributed by atoms with E-state index in [0.29, 0.717) is 22.9 Å². The Balaban J connectivity index is 1.99. The van der Waals surface area contributed by atoms with Crippen molar-refractivity contribution < 1.29 is 9.90 Å². The van der Waals surface area contributed by atoms with Gasteiger partial charge in [0.1, 0.15) is 0 Å². The molecule has 21 heavy (non-hydrogen) atoms. The van der Waals surface area contributed by atoms with Crippen molar-refractivity contribution in [1.29, 1.82) is 0 Å². The van der Waals surface area contributed by atoms with Gasteiger partial charge in [-0.05, 0) is 44.0 Å². The van der Waals surface area contributed by atoms with Crippen LogP contribution >= 0.6 is 11.6 Å². The summed E-state index contributed by atoms with van der Waals surface area (Å²) in [6.45, 7) is 5.19. The first-order valence-electron chi connectivity index (χ1n) is 7.16. The van der Waals surface area contributed by atoms with Crippen LogP contribution in [0.15, 0.2) is 18.2 Å². The predicted molar refractivity (Wildman–Crippen MR) is 85.3 cm³/mol. The number of β-amino-alcohol motifs (C(OH)–C–C–N with tert-alkyl or cyclic N) is 1. The fourth-order valence-corrected chi connectivity index (χ4v) is 2.66. The van der Waals surface area contributed by atoms with Crippen LogP contribution in [0.25, 0.3) is 0 Å². The van der Waals surface area contributed by atoms with E-state index in [1.54, 1.807) is 18.2 Å². The van der Waals surface area contributed by atoms with Crippen LogP contribution in [0.5, 0.6) is 0 Å². The number of nitrogens with one attached hydrogen (secondary N) is 1. The topological polar surface area (TPSA) is 78.6 Å². The van der Waals surface area contributed by atoms with E-state index in [-0.39, 0.29) is 24.0 Å². The van der Waals surface area contributed by atoms with Gasteiger partial charge in [-0.2, -0.15) is 0 Å². The number of hydrogen-bond donors (Lipinski definition) is 3. The summed E-state index contributed by atoms with van der Waals surface area (Å²) >= 11 is 5.84. The Hall–Kier alpha value is -1.30. The van der Waals surface area contributed by atoms with Crippen LogP contribution in [0.1, 0.15) is 20.3 Å². The van der Waals surface area contributed by atoms with Gasteiger partial charge in [0.25, 0.3) is 0 Å². The molecule has 1 heterocycles. The van der Waals surface area contributed by atoms with Crippen LogP contribution in [-0.4, -0.2) is 41.1 Å². The first kappa shape index (κ1) is 16.1. The zero-order valence-electron chi connectivity index (χ0n) is 12.3. The third-order valence-corrected chi connectivity index (χ3v) is 4.38. The molecule has 4 N–H and O–H groups in total. The summed E-state index contributed by atoms with van der Waals surface area (Å²) in [4.78, 5) is 14.3. The highest BCUT2D eigenvalue weighted by Crippen LogP contribution is 2.24. The number of aliphatic hydroxyl groups excluding tert-OH is 1. The van der Waals surface area contributed by atoms with E-state index in [2.05, 4.69) is 5.32 Å². The van der Waals surface area contributed by atoms with Gasteiger partial charge in [-0.3, -0.25) is 9.69 Å². The molecule has 1 aliphatic heterocycles. The summed E-state index contributed by atoms with van der Waals surface area (Å²) in [5.74, 6) is 0.147. The Morgan fingerprint density at radius 1 is 1.57 bits per heavy atom.